The van der Waals surface area contributed by atoms with E-state index in [0.717, 1.165) is 48.0 Å². The fourth-order valence-corrected chi connectivity index (χ4v) is 4.25. The Kier molecular flexibility index (Phi) is 7.85. The maximum Gasteiger partial charge on any atom is 0.227 e. The Balaban J connectivity index is 1.39. The van der Waals surface area contributed by atoms with E-state index in [1.54, 1.807) is 11.8 Å². The van der Waals surface area contributed by atoms with Gasteiger partial charge in [-0.15, -0.1) is 0 Å². The first-order valence-electron chi connectivity index (χ1n) is 9.00. The molecule has 148 valence electrons. The van der Waals surface area contributed by atoms with Crippen molar-refractivity contribution >= 4 is 69.6 Å². The molecule has 2 N–H and O–H groups in total. The summed E-state index contributed by atoms with van der Waals surface area (Å²) in [5.74, 6) is 1.95. The van der Waals surface area contributed by atoms with Crippen LogP contribution in [-0.4, -0.2) is 29.9 Å². The third-order valence-corrected chi connectivity index (χ3v) is 6.29. The highest BCUT2D eigenvalue weighted by atomic mass is 35.5. The summed E-state index contributed by atoms with van der Waals surface area (Å²) in [6.07, 6.45) is 1.54. The molecule has 0 radical (unpaired) electrons. The van der Waals surface area contributed by atoms with Gasteiger partial charge in [-0.25, -0.2) is 0 Å². The number of hydrogen-bond donors (Lipinski definition) is 2. The Bertz CT molecular complexity index is 863. The van der Waals surface area contributed by atoms with E-state index >= 15 is 0 Å². The summed E-state index contributed by atoms with van der Waals surface area (Å²) >= 11 is 19.1. The molecule has 0 aromatic heterocycles. The molecule has 1 fully saturated rings. The molecular weight excluding hydrogens is 433 g/mol. The minimum Gasteiger partial charge on any atom is -0.362 e. The van der Waals surface area contributed by atoms with Gasteiger partial charge < -0.3 is 15.5 Å². The van der Waals surface area contributed by atoms with Gasteiger partial charge in [0, 0.05) is 42.4 Å². The van der Waals surface area contributed by atoms with Crippen molar-refractivity contribution in [3.8, 4) is 0 Å². The van der Waals surface area contributed by atoms with Gasteiger partial charge in [0.25, 0.3) is 0 Å². The first kappa shape index (κ1) is 21.2. The normalized spacial score (nSPS) is 13.6. The Morgan fingerprint density at radius 1 is 1.18 bits per heavy atom. The average molecular weight is 454 g/mol. The molecule has 1 saturated heterocycles. The van der Waals surface area contributed by atoms with Crippen LogP contribution in [0.2, 0.25) is 10.0 Å². The van der Waals surface area contributed by atoms with Crippen molar-refractivity contribution in [1.29, 1.82) is 0 Å². The first-order chi connectivity index (χ1) is 13.5. The lowest BCUT2D eigenvalue weighted by Crippen LogP contribution is -2.30. The molecule has 2 aromatic rings. The SMILES string of the molecule is O=C1CCCN1c1cccc(NC(=S)NCCSCc2ccc(Cl)c(Cl)c2)c1. The molecule has 3 rings (SSSR count). The van der Waals surface area contributed by atoms with Crippen LogP contribution in [0.15, 0.2) is 42.5 Å². The summed E-state index contributed by atoms with van der Waals surface area (Å²) in [6, 6.07) is 13.5. The van der Waals surface area contributed by atoms with E-state index in [9.17, 15) is 4.79 Å². The van der Waals surface area contributed by atoms with Gasteiger partial charge in [-0.3, -0.25) is 4.79 Å². The molecule has 0 bridgehead atoms. The summed E-state index contributed by atoms with van der Waals surface area (Å²) in [7, 11) is 0. The molecule has 2 aromatic carbocycles. The minimum absolute atomic E-state index is 0.178. The van der Waals surface area contributed by atoms with Crippen molar-refractivity contribution in [1.82, 2.24) is 5.32 Å². The maximum absolute atomic E-state index is 11.9. The molecule has 8 heteroatoms. The van der Waals surface area contributed by atoms with Gasteiger partial charge >= 0.3 is 0 Å². The van der Waals surface area contributed by atoms with Crippen LogP contribution in [0, 0.1) is 0 Å². The second-order valence-corrected chi connectivity index (χ2v) is 8.71. The number of thiocarbonyl (C=S) groups is 1. The lowest BCUT2D eigenvalue weighted by molar-refractivity contribution is -0.117. The summed E-state index contributed by atoms with van der Waals surface area (Å²) < 4.78 is 0. The van der Waals surface area contributed by atoms with Crippen LogP contribution in [0.25, 0.3) is 0 Å². The zero-order chi connectivity index (χ0) is 19.9. The van der Waals surface area contributed by atoms with E-state index in [0.29, 0.717) is 21.6 Å². The number of thioether (sulfide) groups is 1. The summed E-state index contributed by atoms with van der Waals surface area (Å²) in [5, 5.41) is 8.12. The number of hydrogen-bond acceptors (Lipinski definition) is 3. The van der Waals surface area contributed by atoms with Crippen LogP contribution < -0.4 is 15.5 Å². The van der Waals surface area contributed by atoms with Crippen molar-refractivity contribution in [2.45, 2.75) is 18.6 Å². The van der Waals surface area contributed by atoms with E-state index in [1.165, 1.54) is 0 Å². The minimum atomic E-state index is 0.178. The van der Waals surface area contributed by atoms with Crippen molar-refractivity contribution < 1.29 is 4.79 Å². The number of rotatable bonds is 7. The van der Waals surface area contributed by atoms with Gasteiger partial charge in [0.15, 0.2) is 5.11 Å². The molecule has 1 heterocycles. The highest BCUT2D eigenvalue weighted by Crippen LogP contribution is 2.25. The lowest BCUT2D eigenvalue weighted by Gasteiger charge is -2.17. The highest BCUT2D eigenvalue weighted by molar-refractivity contribution is 7.98. The molecule has 1 aliphatic heterocycles. The van der Waals surface area contributed by atoms with Crippen LogP contribution in [-0.2, 0) is 10.5 Å². The average Bonchev–Trinajstić information content (AvgIpc) is 3.10. The van der Waals surface area contributed by atoms with Gasteiger partial charge in [-0.05, 0) is 54.5 Å². The second-order valence-electron chi connectivity index (χ2n) is 6.38. The molecule has 1 amide bonds. The van der Waals surface area contributed by atoms with Crippen LogP contribution >= 0.6 is 47.2 Å². The molecule has 1 aliphatic rings. The predicted octanol–water partition coefficient (Wildman–Crippen LogP) is 5.34. The number of amides is 1. The molecule has 0 atom stereocenters. The predicted molar refractivity (Wildman–Crippen MR) is 125 cm³/mol. The number of carbonyl (C=O) groups is 1. The van der Waals surface area contributed by atoms with Crippen LogP contribution in [0.1, 0.15) is 18.4 Å². The Labute approximate surface area is 185 Å². The fraction of sp³-hybridized carbons (Fsp3) is 0.300. The number of carbonyl (C=O) groups excluding carboxylic acids is 1. The second kappa shape index (κ2) is 10.3. The van der Waals surface area contributed by atoms with E-state index in [-0.39, 0.29) is 5.91 Å². The van der Waals surface area contributed by atoms with E-state index in [2.05, 4.69) is 10.6 Å². The molecule has 4 nitrogen and oxygen atoms in total. The zero-order valence-electron chi connectivity index (χ0n) is 15.2. The summed E-state index contributed by atoms with van der Waals surface area (Å²) in [6.45, 7) is 1.53. The third-order valence-electron chi connectivity index (χ3n) is 4.27. The quantitative estimate of drug-likeness (QED) is 0.437. The molecule has 0 aliphatic carbocycles. The van der Waals surface area contributed by atoms with Gasteiger partial charge in [0.1, 0.15) is 0 Å². The molecular formula is C20H21Cl2N3OS2. The number of anilines is 2. The molecule has 0 unspecified atom stereocenters. The maximum atomic E-state index is 11.9. The highest BCUT2D eigenvalue weighted by Gasteiger charge is 2.21. The number of nitrogens with zero attached hydrogens (tertiary/aromatic N) is 1. The van der Waals surface area contributed by atoms with Gasteiger partial charge in [-0.1, -0.05) is 35.3 Å². The van der Waals surface area contributed by atoms with Crippen LogP contribution in [0.3, 0.4) is 0 Å². The standard InChI is InChI=1S/C20H21Cl2N3OS2/c21-17-7-6-14(11-18(17)22)13-28-10-8-23-20(27)24-15-3-1-4-16(12-15)25-9-2-5-19(25)26/h1,3-4,6-7,11-12H,2,5,8-10,13H2,(H2,23,24,27). The van der Waals surface area contributed by atoms with Gasteiger partial charge in [0.2, 0.25) is 5.91 Å². The van der Waals surface area contributed by atoms with Crippen molar-refractivity contribution in [3.05, 3.63) is 58.1 Å². The number of halogens is 2. The Hall–Kier alpha value is -1.47. The third kappa shape index (κ3) is 6.01. The Morgan fingerprint density at radius 2 is 2.04 bits per heavy atom. The van der Waals surface area contributed by atoms with Crippen LogP contribution in [0.4, 0.5) is 11.4 Å². The fourth-order valence-electron chi connectivity index (χ4n) is 2.90. The molecule has 0 saturated carbocycles. The van der Waals surface area contributed by atoms with E-state index < -0.39 is 0 Å². The molecule has 28 heavy (non-hydrogen) atoms. The van der Waals surface area contributed by atoms with Crippen molar-refractivity contribution in [2.24, 2.45) is 0 Å². The van der Waals surface area contributed by atoms with Crippen molar-refractivity contribution in [3.63, 3.8) is 0 Å². The summed E-state index contributed by atoms with van der Waals surface area (Å²) in [5.41, 5.74) is 2.93. The lowest BCUT2D eigenvalue weighted by atomic mass is 10.2. The summed E-state index contributed by atoms with van der Waals surface area (Å²) in [4.78, 5) is 13.7. The van der Waals surface area contributed by atoms with Gasteiger partial charge in [-0.2, -0.15) is 11.8 Å². The topological polar surface area (TPSA) is 44.4 Å². The first-order valence-corrected chi connectivity index (χ1v) is 11.3. The van der Waals surface area contributed by atoms with E-state index in [4.69, 9.17) is 35.4 Å². The van der Waals surface area contributed by atoms with Gasteiger partial charge in [0.05, 0.1) is 10.0 Å². The zero-order valence-corrected chi connectivity index (χ0v) is 18.4. The monoisotopic (exact) mass is 453 g/mol. The Morgan fingerprint density at radius 3 is 2.79 bits per heavy atom. The molecule has 0 spiro atoms. The van der Waals surface area contributed by atoms with Crippen molar-refractivity contribution in [2.75, 3.05) is 29.1 Å². The van der Waals surface area contributed by atoms with E-state index in [1.807, 2.05) is 47.4 Å². The number of benzene rings is 2. The van der Waals surface area contributed by atoms with Crippen LogP contribution in [0.5, 0.6) is 0 Å². The largest absolute Gasteiger partial charge is 0.362 e. The number of nitrogens with one attached hydrogen (secondary N) is 2. The smallest absolute Gasteiger partial charge is 0.227 e.